The molecular formula is C15H21ClFNO2. The van der Waals surface area contributed by atoms with E-state index in [0.717, 1.165) is 24.9 Å². The minimum atomic E-state index is -0.257. The summed E-state index contributed by atoms with van der Waals surface area (Å²) in [6, 6.07) is 4.64. The zero-order chi connectivity index (χ0) is 14.4. The molecule has 1 aliphatic heterocycles. The lowest BCUT2D eigenvalue weighted by molar-refractivity contribution is -0.0526. The van der Waals surface area contributed by atoms with Crippen LogP contribution in [0.25, 0.3) is 0 Å². The summed E-state index contributed by atoms with van der Waals surface area (Å²) in [5.74, 6) is -0.257. The number of hydrogen-bond acceptors (Lipinski definition) is 3. The molecule has 112 valence electrons. The lowest BCUT2D eigenvalue weighted by Gasteiger charge is -2.22. The third-order valence-electron chi connectivity index (χ3n) is 3.32. The van der Waals surface area contributed by atoms with Gasteiger partial charge in [0.15, 0.2) is 6.29 Å². The highest BCUT2D eigenvalue weighted by Gasteiger charge is 2.22. The van der Waals surface area contributed by atoms with Crippen molar-refractivity contribution in [3.63, 3.8) is 0 Å². The molecule has 1 heterocycles. The van der Waals surface area contributed by atoms with E-state index in [9.17, 15) is 4.39 Å². The average Bonchev–Trinajstić information content (AvgIpc) is 2.93. The number of halogens is 2. The lowest BCUT2D eigenvalue weighted by Crippen LogP contribution is -2.35. The van der Waals surface area contributed by atoms with Crippen LogP contribution >= 0.6 is 11.6 Å². The van der Waals surface area contributed by atoms with E-state index in [-0.39, 0.29) is 18.1 Å². The number of benzene rings is 1. The van der Waals surface area contributed by atoms with Crippen LogP contribution in [-0.4, -0.2) is 32.1 Å². The van der Waals surface area contributed by atoms with Gasteiger partial charge in [0.25, 0.3) is 0 Å². The van der Waals surface area contributed by atoms with E-state index in [1.54, 1.807) is 6.07 Å². The van der Waals surface area contributed by atoms with Gasteiger partial charge in [0, 0.05) is 17.5 Å². The van der Waals surface area contributed by atoms with E-state index >= 15 is 0 Å². The number of hydrogen-bond donors (Lipinski definition) is 1. The Kier molecular flexibility index (Phi) is 6.23. The molecule has 2 rings (SSSR count). The lowest BCUT2D eigenvalue weighted by atomic mass is 10.0. The summed E-state index contributed by atoms with van der Waals surface area (Å²) < 4.78 is 24.3. The van der Waals surface area contributed by atoms with Gasteiger partial charge in [0.1, 0.15) is 5.82 Å². The van der Waals surface area contributed by atoms with Gasteiger partial charge in [-0.2, -0.15) is 0 Å². The summed E-state index contributed by atoms with van der Waals surface area (Å²) in [6.45, 7) is 4.31. The first-order valence-electron chi connectivity index (χ1n) is 7.09. The van der Waals surface area contributed by atoms with Crippen molar-refractivity contribution >= 4 is 11.6 Å². The maximum absolute atomic E-state index is 13.3. The fourth-order valence-corrected chi connectivity index (χ4v) is 2.52. The Morgan fingerprint density at radius 1 is 1.40 bits per heavy atom. The van der Waals surface area contributed by atoms with E-state index in [2.05, 4.69) is 12.2 Å². The van der Waals surface area contributed by atoms with E-state index in [1.165, 1.54) is 12.1 Å². The van der Waals surface area contributed by atoms with Gasteiger partial charge in [-0.3, -0.25) is 0 Å². The fourth-order valence-electron chi connectivity index (χ4n) is 2.33. The Morgan fingerprint density at radius 2 is 2.15 bits per heavy atom. The molecule has 0 aromatic heterocycles. The molecule has 1 atom stereocenters. The van der Waals surface area contributed by atoms with Crippen LogP contribution in [0.2, 0.25) is 5.02 Å². The molecular weight excluding hydrogens is 281 g/mol. The second-order valence-electron chi connectivity index (χ2n) is 5.00. The molecule has 1 aromatic carbocycles. The molecule has 0 saturated carbocycles. The fraction of sp³-hybridized carbons (Fsp3) is 0.600. The minimum absolute atomic E-state index is 0.164. The van der Waals surface area contributed by atoms with Crippen LogP contribution in [0.15, 0.2) is 18.2 Å². The van der Waals surface area contributed by atoms with Crippen LogP contribution in [0, 0.1) is 5.82 Å². The Hall–Kier alpha value is -0.680. The molecule has 0 spiro atoms. The van der Waals surface area contributed by atoms with Crippen molar-refractivity contribution in [3.8, 4) is 0 Å². The van der Waals surface area contributed by atoms with Crippen molar-refractivity contribution in [2.45, 2.75) is 38.5 Å². The van der Waals surface area contributed by atoms with Gasteiger partial charge >= 0.3 is 0 Å². The SMILES string of the molecule is CCCNC(Cc1cc(F)ccc1Cl)CC1OCCO1. The Morgan fingerprint density at radius 3 is 2.85 bits per heavy atom. The van der Waals surface area contributed by atoms with Gasteiger partial charge in [0.2, 0.25) is 0 Å². The Balaban J connectivity index is 1.99. The molecule has 1 fully saturated rings. The van der Waals surface area contributed by atoms with Gasteiger partial charge in [-0.1, -0.05) is 18.5 Å². The zero-order valence-corrected chi connectivity index (χ0v) is 12.5. The first-order valence-corrected chi connectivity index (χ1v) is 7.47. The molecule has 1 N–H and O–H groups in total. The molecule has 1 aliphatic rings. The van der Waals surface area contributed by atoms with Crippen molar-refractivity contribution in [2.75, 3.05) is 19.8 Å². The molecule has 0 bridgehead atoms. The van der Waals surface area contributed by atoms with Crippen molar-refractivity contribution in [1.82, 2.24) is 5.32 Å². The molecule has 0 aliphatic carbocycles. The molecule has 1 saturated heterocycles. The van der Waals surface area contributed by atoms with Gasteiger partial charge in [-0.05, 0) is 43.1 Å². The summed E-state index contributed by atoms with van der Waals surface area (Å²) in [5.41, 5.74) is 0.818. The normalized spacial score (nSPS) is 17.6. The maximum atomic E-state index is 13.3. The summed E-state index contributed by atoms with van der Waals surface area (Å²) >= 11 is 6.13. The predicted molar refractivity (Wildman–Crippen MR) is 77.5 cm³/mol. The van der Waals surface area contributed by atoms with Gasteiger partial charge in [-0.15, -0.1) is 0 Å². The highest BCUT2D eigenvalue weighted by Crippen LogP contribution is 2.21. The highest BCUT2D eigenvalue weighted by atomic mass is 35.5. The molecule has 3 nitrogen and oxygen atoms in total. The molecule has 0 amide bonds. The van der Waals surface area contributed by atoms with Crippen molar-refractivity contribution in [1.29, 1.82) is 0 Å². The van der Waals surface area contributed by atoms with Crippen LogP contribution in [0.4, 0.5) is 4.39 Å². The van der Waals surface area contributed by atoms with Crippen LogP contribution in [-0.2, 0) is 15.9 Å². The Labute approximate surface area is 124 Å². The van der Waals surface area contributed by atoms with Gasteiger partial charge in [0.05, 0.1) is 13.2 Å². The maximum Gasteiger partial charge on any atom is 0.159 e. The molecule has 5 heteroatoms. The minimum Gasteiger partial charge on any atom is -0.350 e. The van der Waals surface area contributed by atoms with Crippen LogP contribution in [0.1, 0.15) is 25.3 Å². The van der Waals surface area contributed by atoms with Crippen molar-refractivity contribution < 1.29 is 13.9 Å². The summed E-state index contributed by atoms with van der Waals surface area (Å²) in [5, 5.41) is 4.05. The smallest absolute Gasteiger partial charge is 0.159 e. The first kappa shape index (κ1) is 15.7. The number of nitrogens with one attached hydrogen (secondary N) is 1. The summed E-state index contributed by atoms with van der Waals surface area (Å²) in [7, 11) is 0. The van der Waals surface area contributed by atoms with E-state index in [1.807, 2.05) is 0 Å². The molecule has 20 heavy (non-hydrogen) atoms. The third-order valence-corrected chi connectivity index (χ3v) is 3.69. The van der Waals surface area contributed by atoms with Crippen molar-refractivity contribution in [2.24, 2.45) is 0 Å². The number of rotatable bonds is 7. The average molecular weight is 302 g/mol. The topological polar surface area (TPSA) is 30.5 Å². The van der Waals surface area contributed by atoms with Crippen LogP contribution in [0.5, 0.6) is 0 Å². The van der Waals surface area contributed by atoms with E-state index in [4.69, 9.17) is 21.1 Å². The Bertz CT molecular complexity index is 424. The molecule has 0 radical (unpaired) electrons. The quantitative estimate of drug-likeness (QED) is 0.839. The highest BCUT2D eigenvalue weighted by molar-refractivity contribution is 6.31. The monoisotopic (exact) mass is 301 g/mol. The largest absolute Gasteiger partial charge is 0.350 e. The van der Waals surface area contributed by atoms with Crippen molar-refractivity contribution in [3.05, 3.63) is 34.6 Å². The molecule has 1 aromatic rings. The standard InChI is InChI=1S/C15H21ClFNO2/c1-2-5-18-13(10-15-19-6-7-20-15)9-11-8-12(17)3-4-14(11)16/h3-4,8,13,15,18H,2,5-7,9-10H2,1H3. The van der Waals surface area contributed by atoms with Gasteiger partial charge < -0.3 is 14.8 Å². The van der Waals surface area contributed by atoms with E-state index in [0.29, 0.717) is 24.7 Å². The first-order chi connectivity index (χ1) is 9.69. The van der Waals surface area contributed by atoms with Gasteiger partial charge in [-0.25, -0.2) is 4.39 Å². The summed E-state index contributed by atoms with van der Waals surface area (Å²) in [4.78, 5) is 0. The summed E-state index contributed by atoms with van der Waals surface area (Å²) in [6.07, 6.45) is 2.28. The zero-order valence-electron chi connectivity index (χ0n) is 11.7. The second kappa shape index (κ2) is 7.93. The van der Waals surface area contributed by atoms with Crippen LogP contribution < -0.4 is 5.32 Å². The third kappa shape index (κ3) is 4.70. The molecule has 1 unspecified atom stereocenters. The van der Waals surface area contributed by atoms with Crippen LogP contribution in [0.3, 0.4) is 0 Å². The van der Waals surface area contributed by atoms with E-state index < -0.39 is 0 Å². The second-order valence-corrected chi connectivity index (χ2v) is 5.40. The predicted octanol–water partition coefficient (Wildman–Crippen LogP) is 3.15. The number of ether oxygens (including phenoxy) is 2.